The molecule has 0 saturated heterocycles. The average Bonchev–Trinajstić information content (AvgIpc) is 2.29. The van der Waals surface area contributed by atoms with E-state index in [2.05, 4.69) is 0 Å². The van der Waals surface area contributed by atoms with Gasteiger partial charge in [-0.3, -0.25) is 14.9 Å². The van der Waals surface area contributed by atoms with Crippen molar-refractivity contribution in [3.63, 3.8) is 0 Å². The number of ether oxygens (including phenoxy) is 1. The van der Waals surface area contributed by atoms with Gasteiger partial charge < -0.3 is 4.74 Å². The highest BCUT2D eigenvalue weighted by molar-refractivity contribution is 5.71. The highest BCUT2D eigenvalue weighted by Crippen LogP contribution is 2.17. The van der Waals surface area contributed by atoms with Crippen molar-refractivity contribution in [2.45, 2.75) is 6.92 Å². The summed E-state index contributed by atoms with van der Waals surface area (Å²) < 4.78 is 5.26. The third-order valence-electron chi connectivity index (χ3n) is 1.89. The highest BCUT2D eigenvalue weighted by atomic mass is 16.6. The number of carbonyl (C=O) groups is 1. The molecule has 1 aromatic rings. The molecule has 0 unspecified atom stereocenters. The third kappa shape index (κ3) is 3.53. The molecule has 0 aliphatic heterocycles. The van der Waals surface area contributed by atoms with Gasteiger partial charge >= 0.3 is 0 Å². The summed E-state index contributed by atoms with van der Waals surface area (Å²) in [5.74, 6) is 0.528. The first-order valence-electron chi connectivity index (χ1n) is 4.62. The number of hydrogen-bond acceptors (Lipinski definition) is 4. The Morgan fingerprint density at radius 3 is 2.56 bits per heavy atom. The smallest absolute Gasteiger partial charge is 0.269 e. The van der Waals surface area contributed by atoms with Crippen LogP contribution in [-0.4, -0.2) is 17.8 Å². The van der Waals surface area contributed by atoms with Gasteiger partial charge in [-0.25, -0.2) is 0 Å². The fourth-order valence-corrected chi connectivity index (χ4v) is 0.982. The van der Waals surface area contributed by atoms with E-state index in [-0.39, 0.29) is 12.3 Å². The van der Waals surface area contributed by atoms with Gasteiger partial charge in [0.25, 0.3) is 5.69 Å². The van der Waals surface area contributed by atoms with Crippen molar-refractivity contribution in [2.24, 2.45) is 0 Å². The van der Waals surface area contributed by atoms with E-state index < -0.39 is 4.92 Å². The first kappa shape index (κ1) is 11.9. The number of benzene rings is 1. The van der Waals surface area contributed by atoms with Gasteiger partial charge in [-0.05, 0) is 30.7 Å². The summed E-state index contributed by atoms with van der Waals surface area (Å²) in [4.78, 5) is 20.2. The Hall–Kier alpha value is -2.17. The number of carbonyl (C=O) groups excluding carboxylic acids is 1. The summed E-state index contributed by atoms with van der Waals surface area (Å²) in [6.45, 7) is 1.94. The van der Waals surface area contributed by atoms with Gasteiger partial charge in [0.1, 0.15) is 18.6 Å². The lowest BCUT2D eigenvalue weighted by Gasteiger charge is -2.02. The number of allylic oxidation sites excluding steroid dienone is 1. The number of rotatable bonds is 5. The maximum absolute atomic E-state index is 10.4. The standard InChI is InChI=1S/C11H11NO4/c1-9(8-13)6-7-16-11-4-2-10(3-5-11)12(14)15/h2-6,8H,7H2,1H3. The lowest BCUT2D eigenvalue weighted by Crippen LogP contribution is -1.95. The van der Waals surface area contributed by atoms with Crippen molar-refractivity contribution in [1.29, 1.82) is 0 Å². The molecule has 0 spiro atoms. The SMILES string of the molecule is CC(C=O)=CCOc1ccc([N+](=O)[O-])cc1. The Morgan fingerprint density at radius 2 is 2.06 bits per heavy atom. The minimum Gasteiger partial charge on any atom is -0.490 e. The largest absolute Gasteiger partial charge is 0.490 e. The van der Waals surface area contributed by atoms with Crippen molar-refractivity contribution < 1.29 is 14.5 Å². The molecule has 0 radical (unpaired) electrons. The van der Waals surface area contributed by atoms with E-state index in [1.807, 2.05) is 0 Å². The molecule has 1 aromatic carbocycles. The summed E-state index contributed by atoms with van der Waals surface area (Å²) in [5.41, 5.74) is 0.605. The fourth-order valence-electron chi connectivity index (χ4n) is 0.982. The van der Waals surface area contributed by atoms with Gasteiger partial charge in [0.05, 0.1) is 4.92 Å². The Labute approximate surface area is 92.5 Å². The molecule has 0 aliphatic rings. The Morgan fingerprint density at radius 1 is 1.44 bits per heavy atom. The van der Waals surface area contributed by atoms with Crippen LogP contribution in [0.15, 0.2) is 35.9 Å². The number of non-ortho nitro benzene ring substituents is 1. The minimum absolute atomic E-state index is 0.0203. The van der Waals surface area contributed by atoms with Crippen LogP contribution in [0.5, 0.6) is 5.75 Å². The third-order valence-corrected chi connectivity index (χ3v) is 1.89. The van der Waals surface area contributed by atoms with Crippen LogP contribution in [-0.2, 0) is 4.79 Å². The van der Waals surface area contributed by atoms with E-state index in [0.29, 0.717) is 11.3 Å². The normalized spacial score (nSPS) is 10.9. The first-order valence-corrected chi connectivity index (χ1v) is 4.62. The second kappa shape index (κ2) is 5.65. The fraction of sp³-hybridized carbons (Fsp3) is 0.182. The van der Waals surface area contributed by atoms with Crippen LogP contribution >= 0.6 is 0 Å². The number of hydrogen-bond donors (Lipinski definition) is 0. The molecule has 0 amide bonds. The van der Waals surface area contributed by atoms with E-state index in [0.717, 1.165) is 6.29 Å². The molecule has 16 heavy (non-hydrogen) atoms. The molecule has 84 valence electrons. The zero-order valence-corrected chi connectivity index (χ0v) is 8.75. The summed E-state index contributed by atoms with van der Waals surface area (Å²) in [7, 11) is 0. The molecule has 0 aliphatic carbocycles. The van der Waals surface area contributed by atoms with Gasteiger partial charge in [-0.2, -0.15) is 0 Å². The first-order chi connectivity index (χ1) is 7.63. The molecular weight excluding hydrogens is 210 g/mol. The molecule has 1 rings (SSSR count). The summed E-state index contributed by atoms with van der Waals surface area (Å²) in [5, 5.41) is 10.4. The van der Waals surface area contributed by atoms with Gasteiger partial charge in [0, 0.05) is 12.1 Å². The molecule has 0 bridgehead atoms. The molecular formula is C11H11NO4. The average molecular weight is 221 g/mol. The summed E-state index contributed by atoms with van der Waals surface area (Å²) in [6, 6.07) is 5.77. The van der Waals surface area contributed by atoms with E-state index in [4.69, 9.17) is 4.74 Å². The van der Waals surface area contributed by atoms with Crippen LogP contribution in [0.2, 0.25) is 0 Å². The Balaban J connectivity index is 2.56. The highest BCUT2D eigenvalue weighted by Gasteiger charge is 2.03. The summed E-state index contributed by atoms with van der Waals surface area (Å²) >= 11 is 0. The second-order valence-corrected chi connectivity index (χ2v) is 3.13. The monoisotopic (exact) mass is 221 g/mol. The second-order valence-electron chi connectivity index (χ2n) is 3.13. The summed E-state index contributed by atoms with van der Waals surface area (Å²) in [6.07, 6.45) is 2.37. The molecule has 5 heteroatoms. The van der Waals surface area contributed by atoms with Crippen LogP contribution in [0.1, 0.15) is 6.92 Å². The maximum Gasteiger partial charge on any atom is 0.269 e. The predicted octanol–water partition coefficient (Wildman–Crippen LogP) is 2.12. The Kier molecular flexibility index (Phi) is 4.20. The molecule has 0 atom stereocenters. The zero-order chi connectivity index (χ0) is 12.0. The Bertz CT molecular complexity index is 408. The molecule has 0 aromatic heterocycles. The van der Waals surface area contributed by atoms with Crippen molar-refractivity contribution >= 4 is 12.0 Å². The lowest BCUT2D eigenvalue weighted by molar-refractivity contribution is -0.384. The van der Waals surface area contributed by atoms with Crippen LogP contribution in [0.3, 0.4) is 0 Å². The molecule has 5 nitrogen and oxygen atoms in total. The zero-order valence-electron chi connectivity index (χ0n) is 8.75. The molecule has 0 fully saturated rings. The molecule has 0 saturated carbocycles. The van der Waals surface area contributed by atoms with Crippen LogP contribution < -0.4 is 4.74 Å². The van der Waals surface area contributed by atoms with Gasteiger partial charge in [0.15, 0.2) is 0 Å². The van der Waals surface area contributed by atoms with E-state index in [1.54, 1.807) is 13.0 Å². The van der Waals surface area contributed by atoms with Crippen LogP contribution in [0.4, 0.5) is 5.69 Å². The molecule has 0 heterocycles. The number of nitro groups is 1. The molecule has 0 N–H and O–H groups in total. The van der Waals surface area contributed by atoms with Crippen molar-refractivity contribution in [2.75, 3.05) is 6.61 Å². The topological polar surface area (TPSA) is 69.4 Å². The van der Waals surface area contributed by atoms with E-state index in [1.165, 1.54) is 24.3 Å². The maximum atomic E-state index is 10.4. The van der Waals surface area contributed by atoms with Gasteiger partial charge in [0.2, 0.25) is 0 Å². The lowest BCUT2D eigenvalue weighted by atomic mass is 10.3. The van der Waals surface area contributed by atoms with Crippen molar-refractivity contribution in [3.05, 3.63) is 46.0 Å². The van der Waals surface area contributed by atoms with E-state index >= 15 is 0 Å². The predicted molar refractivity (Wildman–Crippen MR) is 58.4 cm³/mol. The minimum atomic E-state index is -0.472. The van der Waals surface area contributed by atoms with Gasteiger partial charge in [-0.15, -0.1) is 0 Å². The number of nitro benzene ring substituents is 1. The number of nitrogens with zero attached hydrogens (tertiary/aromatic N) is 1. The van der Waals surface area contributed by atoms with Gasteiger partial charge in [-0.1, -0.05) is 0 Å². The van der Waals surface area contributed by atoms with E-state index in [9.17, 15) is 14.9 Å². The van der Waals surface area contributed by atoms with Crippen molar-refractivity contribution in [3.8, 4) is 5.75 Å². The van der Waals surface area contributed by atoms with Crippen LogP contribution in [0, 0.1) is 10.1 Å². The van der Waals surface area contributed by atoms with Crippen LogP contribution in [0.25, 0.3) is 0 Å². The number of aldehydes is 1. The van der Waals surface area contributed by atoms with Crippen molar-refractivity contribution in [1.82, 2.24) is 0 Å². The quantitative estimate of drug-likeness (QED) is 0.330.